The molecular weight excluding hydrogens is 116 g/mol. The summed E-state index contributed by atoms with van der Waals surface area (Å²) in [6.45, 7) is 3.98. The maximum atomic E-state index is 5.15. The minimum absolute atomic E-state index is 0.227. The average molecular weight is 132 g/mol. The van der Waals surface area contributed by atoms with Gasteiger partial charge in [-0.3, -0.25) is 5.43 Å². The zero-order chi connectivity index (χ0) is 7.49. The van der Waals surface area contributed by atoms with E-state index in [1.807, 2.05) is 33.0 Å². The lowest BCUT2D eigenvalue weighted by molar-refractivity contribution is -0.116. The highest BCUT2D eigenvalue weighted by Gasteiger charge is 2.20. The Morgan fingerprint density at radius 3 is 2.00 bits per heavy atom. The van der Waals surface area contributed by atoms with Crippen molar-refractivity contribution in [3.05, 3.63) is 0 Å². The molecule has 0 bridgehead atoms. The molecule has 1 N–H and O–H groups in total. The molecule has 0 saturated carbocycles. The summed E-state index contributed by atoms with van der Waals surface area (Å²) < 4.78 is 5.15. The second-order valence-electron chi connectivity index (χ2n) is 2.43. The highest BCUT2D eigenvalue weighted by molar-refractivity contribution is 4.61. The Morgan fingerprint density at radius 1 is 1.44 bits per heavy atom. The molecule has 0 atom stereocenters. The van der Waals surface area contributed by atoms with Crippen molar-refractivity contribution in [3.8, 4) is 0 Å². The minimum Gasteiger partial charge on any atom is -0.363 e. The average Bonchev–Trinajstić information content (AvgIpc) is 1.86. The van der Waals surface area contributed by atoms with Crippen molar-refractivity contribution in [3.63, 3.8) is 0 Å². The summed E-state index contributed by atoms with van der Waals surface area (Å²) in [6.07, 6.45) is 0. The van der Waals surface area contributed by atoms with Crippen molar-refractivity contribution in [2.45, 2.75) is 19.6 Å². The molecule has 0 rings (SSSR count). The zero-order valence-corrected chi connectivity index (χ0v) is 6.86. The van der Waals surface area contributed by atoms with Crippen LogP contribution in [0.3, 0.4) is 0 Å². The third-order valence-corrected chi connectivity index (χ3v) is 1.64. The van der Waals surface area contributed by atoms with E-state index >= 15 is 0 Å². The van der Waals surface area contributed by atoms with Gasteiger partial charge < -0.3 is 4.74 Å². The highest BCUT2D eigenvalue weighted by Crippen LogP contribution is 2.08. The van der Waals surface area contributed by atoms with Gasteiger partial charge in [-0.1, -0.05) is 0 Å². The van der Waals surface area contributed by atoms with Crippen molar-refractivity contribution in [1.82, 2.24) is 10.4 Å². The fraction of sp³-hybridized carbons (Fsp3) is 1.00. The summed E-state index contributed by atoms with van der Waals surface area (Å²) in [5.74, 6) is 0. The van der Waals surface area contributed by atoms with Gasteiger partial charge >= 0.3 is 0 Å². The second kappa shape index (κ2) is 3.15. The van der Waals surface area contributed by atoms with Gasteiger partial charge in [0.15, 0.2) is 0 Å². The third kappa shape index (κ3) is 2.30. The van der Waals surface area contributed by atoms with Crippen LogP contribution >= 0.6 is 0 Å². The Balaban J connectivity index is 3.80. The minimum atomic E-state index is -0.227. The summed E-state index contributed by atoms with van der Waals surface area (Å²) in [7, 11) is 5.48. The molecule has 0 saturated heterocycles. The molecule has 3 heteroatoms. The molecule has 0 aliphatic heterocycles. The van der Waals surface area contributed by atoms with Crippen LogP contribution < -0.4 is 5.43 Å². The lowest BCUT2D eigenvalue weighted by atomic mass is 10.3. The van der Waals surface area contributed by atoms with Crippen molar-refractivity contribution in [1.29, 1.82) is 0 Å². The molecule has 0 unspecified atom stereocenters. The predicted octanol–water partition coefficient (Wildman–Crippen LogP) is 0.435. The van der Waals surface area contributed by atoms with Crippen LogP contribution in [-0.4, -0.2) is 31.9 Å². The van der Waals surface area contributed by atoms with Gasteiger partial charge in [-0.25, -0.2) is 5.01 Å². The molecule has 0 aromatic carbocycles. The van der Waals surface area contributed by atoms with Crippen LogP contribution in [-0.2, 0) is 4.74 Å². The molecule has 3 nitrogen and oxygen atoms in total. The fourth-order valence-electron chi connectivity index (χ4n) is 0.406. The molecule has 9 heavy (non-hydrogen) atoms. The zero-order valence-electron chi connectivity index (χ0n) is 6.86. The maximum Gasteiger partial charge on any atom is 0.127 e. The molecule has 0 aromatic rings. The number of rotatable bonds is 3. The summed E-state index contributed by atoms with van der Waals surface area (Å²) in [4.78, 5) is 0. The van der Waals surface area contributed by atoms with Crippen molar-refractivity contribution < 1.29 is 4.74 Å². The van der Waals surface area contributed by atoms with E-state index in [2.05, 4.69) is 5.43 Å². The van der Waals surface area contributed by atoms with Crippen LogP contribution in [0.25, 0.3) is 0 Å². The molecule has 0 aliphatic carbocycles. The van der Waals surface area contributed by atoms with Crippen molar-refractivity contribution >= 4 is 0 Å². The largest absolute Gasteiger partial charge is 0.363 e. The quantitative estimate of drug-likeness (QED) is 0.445. The van der Waals surface area contributed by atoms with E-state index in [-0.39, 0.29) is 5.72 Å². The van der Waals surface area contributed by atoms with Crippen LogP contribution in [0.1, 0.15) is 13.8 Å². The van der Waals surface area contributed by atoms with E-state index in [1.54, 1.807) is 7.11 Å². The third-order valence-electron chi connectivity index (χ3n) is 1.64. The monoisotopic (exact) mass is 132 g/mol. The van der Waals surface area contributed by atoms with Gasteiger partial charge in [-0.15, -0.1) is 0 Å². The molecular formula is C6H16N2O. The van der Waals surface area contributed by atoms with Crippen LogP contribution in [0.4, 0.5) is 0 Å². The maximum absolute atomic E-state index is 5.15. The van der Waals surface area contributed by atoms with Crippen molar-refractivity contribution in [2.75, 3.05) is 21.2 Å². The van der Waals surface area contributed by atoms with Gasteiger partial charge in [0.05, 0.1) is 0 Å². The Bertz CT molecular complexity index is 83.1. The Kier molecular flexibility index (Phi) is 3.11. The standard InChI is InChI=1S/C6H16N2O/c1-6(2,9-5)8(4)7-3/h7H,1-5H3. The van der Waals surface area contributed by atoms with Gasteiger partial charge in [0.2, 0.25) is 0 Å². The normalized spacial score (nSPS) is 12.7. The van der Waals surface area contributed by atoms with Gasteiger partial charge in [0.1, 0.15) is 5.72 Å². The van der Waals surface area contributed by atoms with Crippen LogP contribution in [0.15, 0.2) is 0 Å². The van der Waals surface area contributed by atoms with E-state index in [0.29, 0.717) is 0 Å². The Labute approximate surface area is 57.0 Å². The van der Waals surface area contributed by atoms with E-state index in [4.69, 9.17) is 4.74 Å². The first-order chi connectivity index (χ1) is 4.04. The number of ether oxygens (including phenoxy) is 1. The lowest BCUT2D eigenvalue weighted by Crippen LogP contribution is -2.49. The van der Waals surface area contributed by atoms with E-state index < -0.39 is 0 Å². The number of hydrogen-bond donors (Lipinski definition) is 1. The van der Waals surface area contributed by atoms with E-state index in [0.717, 1.165) is 0 Å². The van der Waals surface area contributed by atoms with Crippen LogP contribution in [0, 0.1) is 0 Å². The highest BCUT2D eigenvalue weighted by atomic mass is 16.5. The van der Waals surface area contributed by atoms with Gasteiger partial charge in [0.25, 0.3) is 0 Å². The first kappa shape index (κ1) is 8.88. The van der Waals surface area contributed by atoms with E-state index in [1.165, 1.54) is 0 Å². The summed E-state index contributed by atoms with van der Waals surface area (Å²) in [5, 5.41) is 1.90. The van der Waals surface area contributed by atoms with Crippen LogP contribution in [0.2, 0.25) is 0 Å². The topological polar surface area (TPSA) is 24.5 Å². The van der Waals surface area contributed by atoms with E-state index in [9.17, 15) is 0 Å². The summed E-state index contributed by atoms with van der Waals surface area (Å²) in [5.41, 5.74) is 2.74. The summed E-state index contributed by atoms with van der Waals surface area (Å²) in [6, 6.07) is 0. The fourth-order valence-corrected chi connectivity index (χ4v) is 0.406. The SMILES string of the molecule is CNN(C)C(C)(C)OC. The molecule has 0 aliphatic rings. The number of hydrogen-bond acceptors (Lipinski definition) is 3. The molecule has 0 fully saturated rings. The number of methoxy groups -OCH3 is 1. The van der Waals surface area contributed by atoms with Crippen molar-refractivity contribution in [2.24, 2.45) is 0 Å². The van der Waals surface area contributed by atoms with Crippen LogP contribution in [0.5, 0.6) is 0 Å². The molecule has 0 heterocycles. The molecule has 0 radical (unpaired) electrons. The van der Waals surface area contributed by atoms with Gasteiger partial charge in [-0.05, 0) is 20.9 Å². The Morgan fingerprint density at radius 2 is 1.89 bits per heavy atom. The number of hydrazine groups is 1. The smallest absolute Gasteiger partial charge is 0.127 e. The first-order valence-corrected chi connectivity index (χ1v) is 3.01. The molecule has 0 spiro atoms. The Hall–Kier alpha value is -0.120. The second-order valence-corrected chi connectivity index (χ2v) is 2.43. The predicted molar refractivity (Wildman–Crippen MR) is 37.9 cm³/mol. The first-order valence-electron chi connectivity index (χ1n) is 3.01. The van der Waals surface area contributed by atoms with Gasteiger partial charge in [0, 0.05) is 14.2 Å². The molecule has 56 valence electrons. The molecule has 0 aromatic heterocycles. The number of nitrogens with one attached hydrogen (secondary N) is 1. The summed E-state index contributed by atoms with van der Waals surface area (Å²) >= 11 is 0. The lowest BCUT2D eigenvalue weighted by Gasteiger charge is -2.32. The molecule has 0 amide bonds. The number of nitrogens with zero attached hydrogens (tertiary/aromatic N) is 1. The van der Waals surface area contributed by atoms with Gasteiger partial charge in [-0.2, -0.15) is 0 Å².